The third kappa shape index (κ3) is 2.48. The van der Waals surface area contributed by atoms with Crippen LogP contribution < -0.4 is 0 Å². The predicted octanol–water partition coefficient (Wildman–Crippen LogP) is 2.04. The molecular weight excluding hydrogens is 230 g/mol. The van der Waals surface area contributed by atoms with Crippen LogP contribution in [0.3, 0.4) is 0 Å². The lowest BCUT2D eigenvalue weighted by Gasteiger charge is -2.23. The molecule has 1 saturated heterocycles. The molecule has 4 nitrogen and oxygen atoms in total. The van der Waals surface area contributed by atoms with E-state index in [1.165, 1.54) is 0 Å². The maximum atomic E-state index is 11.6. The number of aryl methyl sites for hydroxylation is 1. The number of hydrogen-bond donors (Lipinski definition) is 1. The van der Waals surface area contributed by atoms with Gasteiger partial charge >= 0.3 is 6.09 Å². The van der Waals surface area contributed by atoms with Gasteiger partial charge in [0.2, 0.25) is 0 Å². The van der Waals surface area contributed by atoms with Crippen molar-refractivity contribution < 1.29 is 14.6 Å². The minimum atomic E-state index is -0.944. The molecule has 1 amide bonds. The second-order valence-electron chi connectivity index (χ2n) is 4.77. The molecule has 0 saturated carbocycles. The molecule has 4 heteroatoms. The minimum absolute atomic E-state index is 0.300. The summed E-state index contributed by atoms with van der Waals surface area (Å²) in [5.41, 5.74) is 1.07. The van der Waals surface area contributed by atoms with Crippen LogP contribution in [0, 0.1) is 6.92 Å². The van der Waals surface area contributed by atoms with Crippen LogP contribution in [0.2, 0.25) is 0 Å². The topological polar surface area (TPSA) is 49.8 Å². The van der Waals surface area contributed by atoms with Crippen LogP contribution in [-0.4, -0.2) is 35.8 Å². The standard InChI is InChI=1S/C14H19NO3/c1-3-18-13(16)15-9-8-14(17,10-15)12-6-4-11(2)5-7-12/h4-7,17H,3,8-10H2,1-2H3. The predicted molar refractivity (Wildman–Crippen MR) is 68.3 cm³/mol. The molecule has 1 unspecified atom stereocenters. The Morgan fingerprint density at radius 3 is 2.72 bits per heavy atom. The Balaban J connectivity index is 2.10. The SMILES string of the molecule is CCOC(=O)N1CCC(O)(c2ccc(C)cc2)C1. The van der Waals surface area contributed by atoms with Crippen molar-refractivity contribution in [3.63, 3.8) is 0 Å². The van der Waals surface area contributed by atoms with Crippen molar-refractivity contribution in [2.45, 2.75) is 25.9 Å². The van der Waals surface area contributed by atoms with E-state index in [4.69, 9.17) is 4.74 Å². The molecule has 1 N–H and O–H groups in total. The highest BCUT2D eigenvalue weighted by atomic mass is 16.6. The summed E-state index contributed by atoms with van der Waals surface area (Å²) in [5, 5.41) is 10.6. The van der Waals surface area contributed by atoms with E-state index in [1.54, 1.807) is 11.8 Å². The number of β-amino-alcohol motifs (C(OH)–C–C–N with tert-alkyl or cyclic N) is 1. The average Bonchev–Trinajstić information content (AvgIpc) is 2.74. The molecule has 0 bridgehead atoms. The zero-order valence-corrected chi connectivity index (χ0v) is 10.8. The van der Waals surface area contributed by atoms with Crippen LogP contribution in [0.5, 0.6) is 0 Å². The molecule has 1 aromatic carbocycles. The maximum absolute atomic E-state index is 11.6. The van der Waals surface area contributed by atoms with Gasteiger partial charge in [-0.25, -0.2) is 4.79 Å². The number of ether oxygens (including phenoxy) is 1. The third-order valence-electron chi connectivity index (χ3n) is 3.36. The van der Waals surface area contributed by atoms with Gasteiger partial charge in [-0.1, -0.05) is 29.8 Å². The molecule has 0 spiro atoms. The molecule has 0 radical (unpaired) electrons. The number of amides is 1. The Morgan fingerprint density at radius 2 is 2.11 bits per heavy atom. The molecule has 1 fully saturated rings. The van der Waals surface area contributed by atoms with Gasteiger partial charge in [-0.3, -0.25) is 0 Å². The lowest BCUT2D eigenvalue weighted by molar-refractivity contribution is 0.0423. The zero-order valence-electron chi connectivity index (χ0n) is 10.8. The van der Waals surface area contributed by atoms with Crippen molar-refractivity contribution in [1.82, 2.24) is 4.90 Å². The lowest BCUT2D eigenvalue weighted by atomic mass is 9.92. The maximum Gasteiger partial charge on any atom is 0.409 e. The summed E-state index contributed by atoms with van der Waals surface area (Å²) in [7, 11) is 0. The smallest absolute Gasteiger partial charge is 0.409 e. The number of carbonyl (C=O) groups excluding carboxylic acids is 1. The van der Waals surface area contributed by atoms with Gasteiger partial charge in [-0.15, -0.1) is 0 Å². The van der Waals surface area contributed by atoms with Gasteiger partial charge in [0.15, 0.2) is 0 Å². The summed E-state index contributed by atoms with van der Waals surface area (Å²) in [6.07, 6.45) is 0.204. The summed E-state index contributed by atoms with van der Waals surface area (Å²) >= 11 is 0. The number of rotatable bonds is 2. The fourth-order valence-electron chi connectivity index (χ4n) is 2.26. The third-order valence-corrected chi connectivity index (χ3v) is 3.36. The highest BCUT2D eigenvalue weighted by Gasteiger charge is 2.40. The molecular formula is C14H19NO3. The molecule has 1 aliphatic heterocycles. The molecule has 1 aromatic rings. The van der Waals surface area contributed by atoms with Crippen molar-refractivity contribution in [3.8, 4) is 0 Å². The van der Waals surface area contributed by atoms with Crippen molar-refractivity contribution in [2.24, 2.45) is 0 Å². The van der Waals surface area contributed by atoms with Crippen LogP contribution >= 0.6 is 0 Å². The first-order valence-corrected chi connectivity index (χ1v) is 6.26. The second-order valence-corrected chi connectivity index (χ2v) is 4.77. The highest BCUT2D eigenvalue weighted by molar-refractivity contribution is 5.68. The first-order valence-electron chi connectivity index (χ1n) is 6.26. The fourth-order valence-corrected chi connectivity index (χ4v) is 2.26. The van der Waals surface area contributed by atoms with E-state index < -0.39 is 5.60 Å². The van der Waals surface area contributed by atoms with Gasteiger partial charge in [0.1, 0.15) is 5.60 Å². The van der Waals surface area contributed by atoms with E-state index in [1.807, 2.05) is 31.2 Å². The van der Waals surface area contributed by atoms with Gasteiger partial charge in [-0.2, -0.15) is 0 Å². The van der Waals surface area contributed by atoms with E-state index in [0.29, 0.717) is 26.1 Å². The molecule has 18 heavy (non-hydrogen) atoms. The number of aliphatic hydroxyl groups is 1. The van der Waals surface area contributed by atoms with E-state index in [0.717, 1.165) is 11.1 Å². The molecule has 1 aliphatic rings. The molecule has 1 atom stereocenters. The van der Waals surface area contributed by atoms with E-state index in [-0.39, 0.29) is 6.09 Å². The Morgan fingerprint density at radius 1 is 1.44 bits per heavy atom. The first-order chi connectivity index (χ1) is 8.55. The van der Waals surface area contributed by atoms with E-state index in [9.17, 15) is 9.90 Å². The molecule has 1 heterocycles. The van der Waals surface area contributed by atoms with E-state index in [2.05, 4.69) is 0 Å². The Hall–Kier alpha value is -1.55. The van der Waals surface area contributed by atoms with Crippen molar-refractivity contribution in [2.75, 3.05) is 19.7 Å². The molecule has 2 rings (SSSR count). The van der Waals surface area contributed by atoms with Crippen LogP contribution in [-0.2, 0) is 10.3 Å². The first kappa shape index (κ1) is 12.9. The summed E-state index contributed by atoms with van der Waals surface area (Å²) in [6.45, 7) is 4.98. The van der Waals surface area contributed by atoms with Crippen molar-refractivity contribution in [3.05, 3.63) is 35.4 Å². The average molecular weight is 249 g/mol. The Labute approximate surface area is 107 Å². The lowest BCUT2D eigenvalue weighted by Crippen LogP contribution is -2.34. The van der Waals surface area contributed by atoms with Crippen molar-refractivity contribution in [1.29, 1.82) is 0 Å². The summed E-state index contributed by atoms with van der Waals surface area (Å²) < 4.78 is 4.95. The van der Waals surface area contributed by atoms with Crippen LogP contribution in [0.15, 0.2) is 24.3 Å². The number of hydrogen-bond acceptors (Lipinski definition) is 3. The Bertz CT molecular complexity index is 429. The van der Waals surface area contributed by atoms with Gasteiger partial charge in [0.05, 0.1) is 13.2 Å². The molecule has 0 aliphatic carbocycles. The highest BCUT2D eigenvalue weighted by Crippen LogP contribution is 2.32. The summed E-state index contributed by atoms with van der Waals surface area (Å²) in [5.74, 6) is 0. The number of benzene rings is 1. The summed E-state index contributed by atoms with van der Waals surface area (Å²) in [4.78, 5) is 13.2. The van der Waals surface area contributed by atoms with E-state index >= 15 is 0 Å². The van der Waals surface area contributed by atoms with Gasteiger partial charge in [0, 0.05) is 6.54 Å². The summed E-state index contributed by atoms with van der Waals surface area (Å²) in [6, 6.07) is 7.79. The largest absolute Gasteiger partial charge is 0.450 e. The van der Waals surface area contributed by atoms with Crippen LogP contribution in [0.1, 0.15) is 24.5 Å². The number of likely N-dealkylation sites (tertiary alicyclic amines) is 1. The number of nitrogens with zero attached hydrogens (tertiary/aromatic N) is 1. The number of carbonyl (C=O) groups is 1. The fraction of sp³-hybridized carbons (Fsp3) is 0.500. The quantitative estimate of drug-likeness (QED) is 0.872. The second kappa shape index (κ2) is 4.98. The van der Waals surface area contributed by atoms with Gasteiger partial charge < -0.3 is 14.7 Å². The van der Waals surface area contributed by atoms with Gasteiger partial charge in [0.25, 0.3) is 0 Å². The zero-order chi connectivity index (χ0) is 13.2. The minimum Gasteiger partial charge on any atom is -0.450 e. The van der Waals surface area contributed by atoms with Crippen molar-refractivity contribution >= 4 is 6.09 Å². The van der Waals surface area contributed by atoms with Crippen LogP contribution in [0.25, 0.3) is 0 Å². The molecule has 0 aromatic heterocycles. The van der Waals surface area contributed by atoms with Crippen LogP contribution in [0.4, 0.5) is 4.79 Å². The Kier molecular flexibility index (Phi) is 3.57. The molecule has 98 valence electrons. The van der Waals surface area contributed by atoms with Gasteiger partial charge in [-0.05, 0) is 25.8 Å². The monoisotopic (exact) mass is 249 g/mol. The normalized spacial score (nSPS) is 23.2.